The van der Waals surface area contributed by atoms with Crippen molar-refractivity contribution in [3.63, 3.8) is 0 Å². The van der Waals surface area contributed by atoms with E-state index in [1.807, 2.05) is 6.07 Å². The van der Waals surface area contributed by atoms with Gasteiger partial charge in [0.2, 0.25) is 0 Å². The van der Waals surface area contributed by atoms with Crippen LogP contribution in [-0.2, 0) is 0 Å². The van der Waals surface area contributed by atoms with Crippen molar-refractivity contribution in [3.8, 4) is 6.07 Å². The van der Waals surface area contributed by atoms with Crippen LogP contribution in [0, 0.1) is 16.7 Å². The number of Topliss-reactive ketones (excluding diaryl/α,β-unsaturated/α-hetero) is 1. The van der Waals surface area contributed by atoms with E-state index in [4.69, 9.17) is 5.26 Å². The van der Waals surface area contributed by atoms with Crippen LogP contribution in [-0.4, -0.2) is 16.0 Å². The van der Waals surface area contributed by atoms with Crippen LogP contribution in [0.25, 0.3) is 0 Å². The van der Waals surface area contributed by atoms with Gasteiger partial charge in [0.1, 0.15) is 11.1 Å². The molecule has 0 saturated heterocycles. The van der Waals surface area contributed by atoms with Crippen LogP contribution < -0.4 is 0 Å². The monoisotopic (exact) mass is 163 g/mol. The Morgan fingerprint density at radius 3 is 2.83 bits per heavy atom. The highest BCUT2D eigenvalue weighted by Gasteiger charge is 2.29. The Balaban J connectivity index is 2.96. The van der Waals surface area contributed by atoms with Crippen LogP contribution in [0.1, 0.15) is 24.3 Å². The number of nitrogens with zero attached hydrogens (tertiary/aromatic N) is 2. The van der Waals surface area contributed by atoms with Gasteiger partial charge in [-0.2, -0.15) is 10.4 Å². The summed E-state index contributed by atoms with van der Waals surface area (Å²) in [6, 6.07) is 3.49. The fraction of sp³-hybridized carbons (Fsp3) is 0.375. The Morgan fingerprint density at radius 1 is 1.75 bits per heavy atom. The molecule has 0 unspecified atom stereocenters. The maximum absolute atomic E-state index is 11.5. The maximum atomic E-state index is 11.5. The Morgan fingerprint density at radius 2 is 2.42 bits per heavy atom. The lowest BCUT2D eigenvalue weighted by molar-refractivity contribution is 0.0886. The number of hydrogen-bond acceptors (Lipinski definition) is 3. The van der Waals surface area contributed by atoms with Gasteiger partial charge in [0, 0.05) is 6.20 Å². The quantitative estimate of drug-likeness (QED) is 0.664. The van der Waals surface area contributed by atoms with Crippen LogP contribution in [0.2, 0.25) is 0 Å². The molecule has 1 rings (SSSR count). The van der Waals surface area contributed by atoms with E-state index in [0.717, 1.165) is 0 Å². The zero-order valence-corrected chi connectivity index (χ0v) is 6.96. The first-order valence-corrected chi connectivity index (χ1v) is 3.53. The lowest BCUT2D eigenvalue weighted by Gasteiger charge is -2.10. The number of H-pyrrole nitrogens is 1. The average Bonchev–Trinajstić information content (AvgIpc) is 2.55. The number of carbonyl (C=O) groups is 1. The summed E-state index contributed by atoms with van der Waals surface area (Å²) in [4.78, 5) is 11.5. The number of hydrogen-bond donors (Lipinski definition) is 1. The van der Waals surface area contributed by atoms with Gasteiger partial charge >= 0.3 is 0 Å². The molecule has 0 aliphatic carbocycles. The van der Waals surface area contributed by atoms with Gasteiger partial charge in [-0.15, -0.1) is 0 Å². The van der Waals surface area contributed by atoms with Crippen molar-refractivity contribution in [1.29, 1.82) is 5.26 Å². The molecule has 1 heterocycles. The van der Waals surface area contributed by atoms with Crippen molar-refractivity contribution in [3.05, 3.63) is 18.0 Å². The van der Waals surface area contributed by atoms with E-state index in [0.29, 0.717) is 5.69 Å². The summed E-state index contributed by atoms with van der Waals surface area (Å²) >= 11 is 0. The van der Waals surface area contributed by atoms with E-state index >= 15 is 0 Å². The molecule has 0 bridgehead atoms. The molecule has 0 atom stereocenters. The van der Waals surface area contributed by atoms with Crippen molar-refractivity contribution < 1.29 is 4.79 Å². The molecular weight excluding hydrogens is 154 g/mol. The maximum Gasteiger partial charge on any atom is 0.200 e. The lowest BCUT2D eigenvalue weighted by Crippen LogP contribution is -2.22. The minimum atomic E-state index is -0.980. The van der Waals surface area contributed by atoms with Crippen LogP contribution in [0.3, 0.4) is 0 Å². The standard InChI is InChI=1S/C8H9N3O/c1-8(2,5-9)7(12)6-3-4-10-11-6/h3-4H,1-2H3,(H,10,11). The van der Waals surface area contributed by atoms with E-state index in [1.165, 1.54) is 6.20 Å². The molecule has 1 N–H and O–H groups in total. The zero-order chi connectivity index (χ0) is 9.19. The fourth-order valence-corrected chi connectivity index (χ4v) is 0.770. The molecule has 12 heavy (non-hydrogen) atoms. The van der Waals surface area contributed by atoms with Crippen molar-refractivity contribution in [2.24, 2.45) is 5.41 Å². The molecule has 0 spiro atoms. The number of aromatic amines is 1. The third-order valence-electron chi connectivity index (χ3n) is 1.59. The van der Waals surface area contributed by atoms with E-state index < -0.39 is 5.41 Å². The summed E-state index contributed by atoms with van der Waals surface area (Å²) in [5.74, 6) is -0.234. The molecule has 1 aromatic heterocycles. The van der Waals surface area contributed by atoms with Crippen LogP contribution in [0.5, 0.6) is 0 Å². The van der Waals surface area contributed by atoms with Crippen molar-refractivity contribution in [2.45, 2.75) is 13.8 Å². The molecule has 0 aromatic carbocycles. The molecule has 0 amide bonds. The summed E-state index contributed by atoms with van der Waals surface area (Å²) in [5, 5.41) is 14.8. The van der Waals surface area contributed by atoms with Crippen LogP contribution in [0.15, 0.2) is 12.3 Å². The highest BCUT2D eigenvalue weighted by molar-refractivity contribution is 6.00. The molecule has 4 nitrogen and oxygen atoms in total. The average molecular weight is 163 g/mol. The molecule has 4 heteroatoms. The second-order valence-corrected chi connectivity index (χ2v) is 3.04. The first-order valence-electron chi connectivity index (χ1n) is 3.53. The summed E-state index contributed by atoms with van der Waals surface area (Å²) in [5.41, 5.74) is -0.603. The molecule has 1 aromatic rings. The van der Waals surface area contributed by atoms with E-state index in [2.05, 4.69) is 10.2 Å². The van der Waals surface area contributed by atoms with Crippen LogP contribution in [0.4, 0.5) is 0 Å². The normalized spacial score (nSPS) is 10.8. The molecule has 0 aliphatic rings. The minimum absolute atomic E-state index is 0.234. The third kappa shape index (κ3) is 1.35. The summed E-state index contributed by atoms with van der Waals surface area (Å²) < 4.78 is 0. The van der Waals surface area contributed by atoms with Gasteiger partial charge in [0.25, 0.3) is 0 Å². The Hall–Kier alpha value is -1.63. The van der Waals surface area contributed by atoms with Crippen molar-refractivity contribution >= 4 is 5.78 Å². The highest BCUT2D eigenvalue weighted by Crippen LogP contribution is 2.18. The topological polar surface area (TPSA) is 69.5 Å². The van der Waals surface area contributed by atoms with E-state index in [9.17, 15) is 4.79 Å². The van der Waals surface area contributed by atoms with Gasteiger partial charge in [-0.1, -0.05) is 0 Å². The van der Waals surface area contributed by atoms with Gasteiger partial charge in [-0.3, -0.25) is 9.89 Å². The lowest BCUT2D eigenvalue weighted by atomic mass is 9.88. The highest BCUT2D eigenvalue weighted by atomic mass is 16.1. The predicted molar refractivity (Wildman–Crippen MR) is 42.3 cm³/mol. The Bertz CT molecular complexity index is 319. The van der Waals surface area contributed by atoms with Gasteiger partial charge in [-0.05, 0) is 19.9 Å². The predicted octanol–water partition coefficient (Wildman–Crippen LogP) is 1.14. The molecule has 0 radical (unpaired) electrons. The Kier molecular flexibility index (Phi) is 1.96. The molecule has 62 valence electrons. The number of aromatic nitrogens is 2. The van der Waals surface area contributed by atoms with Gasteiger partial charge < -0.3 is 0 Å². The molecule has 0 saturated carbocycles. The fourth-order valence-electron chi connectivity index (χ4n) is 0.770. The van der Waals surface area contributed by atoms with Gasteiger partial charge in [-0.25, -0.2) is 0 Å². The second kappa shape index (κ2) is 2.78. The first-order chi connectivity index (χ1) is 5.58. The number of ketones is 1. The third-order valence-corrected chi connectivity index (χ3v) is 1.59. The van der Waals surface area contributed by atoms with Crippen molar-refractivity contribution in [1.82, 2.24) is 10.2 Å². The van der Waals surface area contributed by atoms with Gasteiger partial charge in [0.05, 0.1) is 6.07 Å². The summed E-state index contributed by atoms with van der Waals surface area (Å²) in [6.07, 6.45) is 1.49. The van der Waals surface area contributed by atoms with Crippen molar-refractivity contribution in [2.75, 3.05) is 0 Å². The first kappa shape index (κ1) is 8.47. The Labute approximate surface area is 70.2 Å². The number of nitriles is 1. The number of rotatable bonds is 2. The van der Waals surface area contributed by atoms with E-state index in [-0.39, 0.29) is 5.78 Å². The summed E-state index contributed by atoms with van der Waals surface area (Å²) in [6.45, 7) is 3.16. The molecule has 0 fully saturated rings. The van der Waals surface area contributed by atoms with E-state index in [1.54, 1.807) is 19.9 Å². The summed E-state index contributed by atoms with van der Waals surface area (Å²) in [7, 11) is 0. The minimum Gasteiger partial charge on any atom is -0.291 e. The van der Waals surface area contributed by atoms with Crippen LogP contribution >= 0.6 is 0 Å². The second-order valence-electron chi connectivity index (χ2n) is 3.04. The largest absolute Gasteiger partial charge is 0.291 e. The zero-order valence-electron chi connectivity index (χ0n) is 6.96. The number of nitrogens with one attached hydrogen (secondary N) is 1. The SMILES string of the molecule is CC(C)(C#N)C(=O)c1ccn[nH]1. The smallest absolute Gasteiger partial charge is 0.200 e. The molecular formula is C8H9N3O. The number of carbonyl (C=O) groups excluding carboxylic acids is 1. The van der Waals surface area contributed by atoms with Gasteiger partial charge in [0.15, 0.2) is 5.78 Å². The molecule has 0 aliphatic heterocycles.